The van der Waals surface area contributed by atoms with Gasteiger partial charge in [0.25, 0.3) is 0 Å². The highest BCUT2D eigenvalue weighted by Crippen LogP contribution is 2.14. The Balaban J connectivity index is 2.40. The first-order valence-electron chi connectivity index (χ1n) is 6.88. The lowest BCUT2D eigenvalue weighted by atomic mass is 10.00. The summed E-state index contributed by atoms with van der Waals surface area (Å²) >= 11 is 0. The van der Waals surface area contributed by atoms with E-state index in [0.29, 0.717) is 19.0 Å². The van der Waals surface area contributed by atoms with Crippen LogP contribution in [0.1, 0.15) is 39.5 Å². The van der Waals surface area contributed by atoms with Crippen LogP contribution in [0.2, 0.25) is 0 Å². The van der Waals surface area contributed by atoms with Gasteiger partial charge < -0.3 is 20.6 Å². The number of aliphatic carboxylic acids is 1. The Morgan fingerprint density at radius 2 is 2.11 bits per heavy atom. The molecule has 2 atom stereocenters. The fourth-order valence-electron chi connectivity index (χ4n) is 2.20. The third-order valence-corrected chi connectivity index (χ3v) is 3.99. The van der Waals surface area contributed by atoms with Gasteiger partial charge in [0.05, 0.1) is 0 Å². The first kappa shape index (κ1) is 15.8. The first-order chi connectivity index (χ1) is 8.89. The molecule has 0 radical (unpaired) electrons. The van der Waals surface area contributed by atoms with Crippen LogP contribution in [-0.4, -0.2) is 53.7 Å². The molecule has 0 spiro atoms. The van der Waals surface area contributed by atoms with Crippen LogP contribution in [0.5, 0.6) is 0 Å². The Hall–Kier alpha value is -1.30. The van der Waals surface area contributed by atoms with Gasteiger partial charge in [0.2, 0.25) is 0 Å². The number of carboxylic acid groups (broad SMARTS) is 1. The zero-order valence-electron chi connectivity index (χ0n) is 12.0. The summed E-state index contributed by atoms with van der Waals surface area (Å²) in [5.41, 5.74) is -1.21. The van der Waals surface area contributed by atoms with E-state index in [4.69, 9.17) is 5.11 Å². The van der Waals surface area contributed by atoms with Crippen molar-refractivity contribution < 1.29 is 14.7 Å². The quantitative estimate of drug-likeness (QED) is 0.697. The number of hydrogen-bond donors (Lipinski definition) is 3. The molecule has 0 aromatic heterocycles. The maximum atomic E-state index is 11.8. The number of nitrogens with zero attached hydrogens (tertiary/aromatic N) is 1. The molecule has 2 unspecified atom stereocenters. The van der Waals surface area contributed by atoms with Crippen LogP contribution in [0, 0.1) is 0 Å². The zero-order chi connectivity index (χ0) is 14.5. The van der Waals surface area contributed by atoms with Gasteiger partial charge in [-0.2, -0.15) is 0 Å². The number of rotatable bonds is 5. The molecule has 2 amide bonds. The van der Waals surface area contributed by atoms with E-state index in [1.807, 2.05) is 0 Å². The number of likely N-dealkylation sites (N-methyl/N-ethyl adjacent to an activating group) is 1. The second-order valence-electron chi connectivity index (χ2n) is 5.46. The molecule has 6 nitrogen and oxygen atoms in total. The van der Waals surface area contributed by atoms with Crippen molar-refractivity contribution in [1.82, 2.24) is 15.5 Å². The lowest BCUT2D eigenvalue weighted by molar-refractivity contribution is -0.143. The van der Waals surface area contributed by atoms with Crippen molar-refractivity contribution in [2.75, 3.05) is 20.1 Å². The van der Waals surface area contributed by atoms with E-state index in [1.165, 1.54) is 19.8 Å². The van der Waals surface area contributed by atoms with Crippen LogP contribution in [0.3, 0.4) is 0 Å². The van der Waals surface area contributed by atoms with Crippen LogP contribution >= 0.6 is 0 Å². The van der Waals surface area contributed by atoms with E-state index in [0.717, 1.165) is 13.0 Å². The Bertz CT molecular complexity index is 335. The molecule has 1 heterocycles. The van der Waals surface area contributed by atoms with Crippen molar-refractivity contribution in [3.8, 4) is 0 Å². The fourth-order valence-corrected chi connectivity index (χ4v) is 2.20. The number of hydrogen-bond acceptors (Lipinski definition) is 3. The lowest BCUT2D eigenvalue weighted by Crippen LogP contribution is -2.56. The number of amides is 2. The molecule has 1 aliphatic heterocycles. The second kappa shape index (κ2) is 6.75. The topological polar surface area (TPSA) is 81.7 Å². The molecule has 3 N–H and O–H groups in total. The van der Waals surface area contributed by atoms with Gasteiger partial charge in [-0.25, -0.2) is 9.59 Å². The van der Waals surface area contributed by atoms with E-state index in [9.17, 15) is 9.59 Å². The zero-order valence-corrected chi connectivity index (χ0v) is 12.0. The summed E-state index contributed by atoms with van der Waals surface area (Å²) in [5.74, 6) is -1.01. The number of urea groups is 1. The molecule has 1 aliphatic rings. The van der Waals surface area contributed by atoms with E-state index in [1.54, 1.807) is 6.92 Å². The highest BCUT2D eigenvalue weighted by molar-refractivity contribution is 5.85. The highest BCUT2D eigenvalue weighted by Gasteiger charge is 2.32. The van der Waals surface area contributed by atoms with Gasteiger partial charge in [0.15, 0.2) is 0 Å². The van der Waals surface area contributed by atoms with E-state index in [-0.39, 0.29) is 0 Å². The van der Waals surface area contributed by atoms with Crippen LogP contribution in [0.25, 0.3) is 0 Å². The number of carbonyl (C=O) groups excluding carboxylic acids is 1. The van der Waals surface area contributed by atoms with Crippen molar-refractivity contribution in [1.29, 1.82) is 0 Å². The summed E-state index contributed by atoms with van der Waals surface area (Å²) in [6, 6.07) is -0.0667. The van der Waals surface area contributed by atoms with Crippen molar-refractivity contribution >= 4 is 12.0 Å². The van der Waals surface area contributed by atoms with Gasteiger partial charge in [-0.1, -0.05) is 13.3 Å². The van der Waals surface area contributed by atoms with Crippen molar-refractivity contribution in [3.63, 3.8) is 0 Å². The minimum absolute atomic E-state index is 0.345. The van der Waals surface area contributed by atoms with Crippen LogP contribution in [-0.2, 0) is 4.79 Å². The molecule has 0 saturated carbocycles. The monoisotopic (exact) mass is 271 g/mol. The summed E-state index contributed by atoms with van der Waals surface area (Å²) in [6.07, 6.45) is 3.80. The molecule has 0 bridgehead atoms. The number of carboxylic acids is 1. The van der Waals surface area contributed by atoms with Gasteiger partial charge in [-0.05, 0) is 39.8 Å². The first-order valence-corrected chi connectivity index (χ1v) is 6.88. The fraction of sp³-hybridized carbons (Fsp3) is 0.846. The van der Waals surface area contributed by atoms with Gasteiger partial charge in [-0.3, -0.25) is 0 Å². The normalized spacial score (nSPS) is 23.4. The van der Waals surface area contributed by atoms with Crippen LogP contribution < -0.4 is 10.6 Å². The van der Waals surface area contributed by atoms with Gasteiger partial charge in [-0.15, -0.1) is 0 Å². The Morgan fingerprint density at radius 3 is 2.63 bits per heavy atom. The lowest BCUT2D eigenvalue weighted by Gasteiger charge is -2.33. The predicted octanol–water partition coefficient (Wildman–Crippen LogP) is 1.02. The van der Waals surface area contributed by atoms with E-state index < -0.39 is 17.5 Å². The smallest absolute Gasteiger partial charge is 0.329 e. The van der Waals surface area contributed by atoms with Crippen molar-refractivity contribution in [3.05, 3.63) is 0 Å². The van der Waals surface area contributed by atoms with E-state index >= 15 is 0 Å². The average molecular weight is 271 g/mol. The minimum Gasteiger partial charge on any atom is -0.480 e. The average Bonchev–Trinajstić information content (AvgIpc) is 2.37. The summed E-state index contributed by atoms with van der Waals surface area (Å²) < 4.78 is 0. The molecule has 110 valence electrons. The Morgan fingerprint density at radius 1 is 1.42 bits per heavy atom. The third-order valence-electron chi connectivity index (χ3n) is 3.99. The molecule has 19 heavy (non-hydrogen) atoms. The van der Waals surface area contributed by atoms with Crippen LogP contribution in [0.4, 0.5) is 4.79 Å². The number of piperidine rings is 1. The standard InChI is InChI=1S/C13H25N3O3/c1-4-13(2,11(17)18)15-12(19)14-9-10-7-5-6-8-16(10)3/h10H,4-9H2,1-3H3,(H,17,18)(H2,14,15,19). The highest BCUT2D eigenvalue weighted by atomic mass is 16.4. The van der Waals surface area contributed by atoms with E-state index in [2.05, 4.69) is 22.6 Å². The number of likely N-dealkylation sites (tertiary alicyclic amines) is 1. The minimum atomic E-state index is -1.21. The second-order valence-corrected chi connectivity index (χ2v) is 5.46. The van der Waals surface area contributed by atoms with Crippen molar-refractivity contribution in [2.24, 2.45) is 0 Å². The molecule has 6 heteroatoms. The summed E-state index contributed by atoms with van der Waals surface area (Å²) in [6.45, 7) is 4.86. The van der Waals surface area contributed by atoms with Gasteiger partial charge in [0.1, 0.15) is 5.54 Å². The molecule has 1 rings (SSSR count). The molecular formula is C13H25N3O3. The Labute approximate surface area is 114 Å². The van der Waals surface area contributed by atoms with Crippen LogP contribution in [0.15, 0.2) is 0 Å². The molecule has 0 aromatic carbocycles. The molecular weight excluding hydrogens is 246 g/mol. The molecule has 1 fully saturated rings. The number of nitrogens with one attached hydrogen (secondary N) is 2. The van der Waals surface area contributed by atoms with Crippen molar-refractivity contribution in [2.45, 2.75) is 51.1 Å². The van der Waals surface area contributed by atoms with Gasteiger partial charge >= 0.3 is 12.0 Å². The number of carbonyl (C=O) groups is 2. The van der Waals surface area contributed by atoms with Gasteiger partial charge in [0, 0.05) is 12.6 Å². The maximum absolute atomic E-state index is 11.8. The largest absolute Gasteiger partial charge is 0.480 e. The third kappa shape index (κ3) is 4.38. The maximum Gasteiger partial charge on any atom is 0.329 e. The predicted molar refractivity (Wildman–Crippen MR) is 73.1 cm³/mol. The Kier molecular flexibility index (Phi) is 5.60. The molecule has 0 aliphatic carbocycles. The summed E-state index contributed by atoms with van der Waals surface area (Å²) in [5, 5.41) is 14.4. The summed E-state index contributed by atoms with van der Waals surface area (Å²) in [4.78, 5) is 25.1. The summed E-state index contributed by atoms with van der Waals surface area (Å²) in [7, 11) is 2.05. The molecule has 1 saturated heterocycles. The SMILES string of the molecule is CCC(C)(NC(=O)NCC1CCCCN1C)C(=O)O. The molecule has 0 aromatic rings.